The highest BCUT2D eigenvalue weighted by molar-refractivity contribution is 5.91. The molecule has 4 rings (SSSR count). The molecule has 0 bridgehead atoms. The molecule has 0 spiro atoms. The number of ether oxygens (including phenoxy) is 1. The third-order valence-corrected chi connectivity index (χ3v) is 7.54. The summed E-state index contributed by atoms with van der Waals surface area (Å²) in [4.78, 5) is 44.2. The number of hydrogen-bond donors (Lipinski definition) is 0. The molecule has 3 atom stereocenters. The van der Waals surface area contributed by atoms with Crippen LogP contribution in [-0.4, -0.2) is 78.9 Å². The molecule has 0 aliphatic carbocycles. The van der Waals surface area contributed by atoms with Gasteiger partial charge in [0.15, 0.2) is 0 Å². The molecule has 0 N–H and O–H groups in total. The van der Waals surface area contributed by atoms with Crippen molar-refractivity contribution in [2.75, 3.05) is 34.3 Å². The number of esters is 1. The summed E-state index contributed by atoms with van der Waals surface area (Å²) >= 11 is 0. The molecule has 3 unspecified atom stereocenters. The van der Waals surface area contributed by atoms with Crippen molar-refractivity contribution in [2.24, 2.45) is 5.92 Å². The largest absolute Gasteiger partial charge is 0.467 e. The zero-order chi connectivity index (χ0) is 28.2. The predicted molar refractivity (Wildman–Crippen MR) is 151 cm³/mol. The fraction of sp³-hybridized carbons (Fsp3) is 0.344. The van der Waals surface area contributed by atoms with E-state index in [4.69, 9.17) is 4.74 Å². The van der Waals surface area contributed by atoms with Crippen LogP contribution in [0.5, 0.6) is 0 Å². The van der Waals surface area contributed by atoms with Gasteiger partial charge in [-0.15, -0.1) is 0 Å². The van der Waals surface area contributed by atoms with Gasteiger partial charge in [0.1, 0.15) is 12.1 Å². The molecule has 1 aliphatic heterocycles. The molecular weight excluding hydrogens is 490 g/mol. The minimum absolute atomic E-state index is 0.130. The second-order valence-corrected chi connectivity index (χ2v) is 10.4. The average molecular weight is 528 g/mol. The maximum atomic E-state index is 13.7. The van der Waals surface area contributed by atoms with Gasteiger partial charge >= 0.3 is 5.97 Å². The van der Waals surface area contributed by atoms with Crippen LogP contribution in [0, 0.1) is 5.92 Å². The summed E-state index contributed by atoms with van der Waals surface area (Å²) in [6, 6.07) is 29.5. The van der Waals surface area contributed by atoms with Gasteiger partial charge < -0.3 is 14.5 Å². The smallest absolute Gasteiger partial charge is 0.328 e. The van der Waals surface area contributed by atoms with Crippen LogP contribution >= 0.6 is 0 Å². The Bertz CT molecular complexity index is 1180. The minimum Gasteiger partial charge on any atom is -0.467 e. The summed E-state index contributed by atoms with van der Waals surface area (Å²) in [6.45, 7) is 4.13. The van der Waals surface area contributed by atoms with Crippen LogP contribution in [0.2, 0.25) is 0 Å². The van der Waals surface area contributed by atoms with Crippen molar-refractivity contribution in [3.05, 3.63) is 108 Å². The molecule has 0 radical (unpaired) electrons. The lowest BCUT2D eigenvalue weighted by atomic mass is 9.76. The first-order valence-corrected chi connectivity index (χ1v) is 13.2. The van der Waals surface area contributed by atoms with Gasteiger partial charge in [-0.25, -0.2) is 4.79 Å². The van der Waals surface area contributed by atoms with E-state index in [2.05, 4.69) is 41.3 Å². The molecule has 39 heavy (non-hydrogen) atoms. The van der Waals surface area contributed by atoms with Crippen LogP contribution in [0.1, 0.15) is 30.5 Å². The number of amides is 2. The van der Waals surface area contributed by atoms with Gasteiger partial charge in [-0.3, -0.25) is 14.5 Å². The number of hydrogen-bond acceptors (Lipinski definition) is 5. The Kier molecular flexibility index (Phi) is 8.51. The zero-order valence-electron chi connectivity index (χ0n) is 23.3. The number of carbonyl (C=O) groups excluding carboxylic acids is 3. The third-order valence-electron chi connectivity index (χ3n) is 7.54. The molecule has 3 aromatic rings. The lowest BCUT2D eigenvalue weighted by molar-refractivity contribution is -0.154. The number of benzene rings is 3. The van der Waals surface area contributed by atoms with Crippen LogP contribution in [0.25, 0.3) is 0 Å². The number of rotatable bonds is 10. The van der Waals surface area contributed by atoms with Crippen molar-refractivity contribution in [1.29, 1.82) is 0 Å². The average Bonchev–Trinajstić information content (AvgIpc) is 3.75. The van der Waals surface area contributed by atoms with E-state index in [-0.39, 0.29) is 24.3 Å². The molecular formula is C32H37N3O4. The van der Waals surface area contributed by atoms with Crippen molar-refractivity contribution < 1.29 is 19.1 Å². The molecule has 1 heterocycles. The van der Waals surface area contributed by atoms with Gasteiger partial charge in [-0.05, 0) is 22.6 Å². The van der Waals surface area contributed by atoms with Gasteiger partial charge in [0.2, 0.25) is 11.8 Å². The Balaban J connectivity index is 1.64. The Morgan fingerprint density at radius 1 is 0.846 bits per heavy atom. The molecule has 1 aliphatic rings. The van der Waals surface area contributed by atoms with Crippen LogP contribution in [-0.2, 0) is 24.7 Å². The lowest BCUT2D eigenvalue weighted by Gasteiger charge is -2.38. The Labute approximate surface area is 231 Å². The standard InChI is InChI=1S/C32H37N3O4/c1-23(2)29(31(38)39-5)34(4)28(36)22-33(3)30(37)27-21-35(27)32(24-15-9-6-10-16-24,25-17-11-7-12-18-25)26-19-13-8-14-20-26/h6-20,23,27,29H,21-22H2,1-5H3. The summed E-state index contributed by atoms with van der Waals surface area (Å²) in [5.74, 6) is -1.05. The second kappa shape index (κ2) is 11.8. The third kappa shape index (κ3) is 5.45. The van der Waals surface area contributed by atoms with Crippen LogP contribution < -0.4 is 0 Å². The van der Waals surface area contributed by atoms with Gasteiger partial charge in [-0.2, -0.15) is 0 Å². The first-order valence-electron chi connectivity index (χ1n) is 13.2. The van der Waals surface area contributed by atoms with E-state index in [1.54, 1.807) is 14.1 Å². The summed E-state index contributed by atoms with van der Waals surface area (Å²) in [7, 11) is 4.53. The van der Waals surface area contributed by atoms with E-state index < -0.39 is 23.6 Å². The quantitative estimate of drug-likeness (QED) is 0.228. The molecule has 2 amide bonds. The summed E-state index contributed by atoms with van der Waals surface area (Å²) in [6.07, 6.45) is 0. The van der Waals surface area contributed by atoms with Gasteiger partial charge in [-0.1, -0.05) is 105 Å². The molecule has 0 saturated carbocycles. The molecule has 1 saturated heterocycles. The second-order valence-electron chi connectivity index (χ2n) is 10.4. The van der Waals surface area contributed by atoms with Crippen molar-refractivity contribution in [1.82, 2.24) is 14.7 Å². The van der Waals surface area contributed by atoms with E-state index in [9.17, 15) is 14.4 Å². The van der Waals surface area contributed by atoms with Crippen LogP contribution in [0.4, 0.5) is 0 Å². The Hall–Kier alpha value is -3.97. The minimum atomic E-state index is -0.717. The van der Waals surface area contributed by atoms with E-state index in [1.165, 1.54) is 16.9 Å². The molecule has 204 valence electrons. The molecule has 1 fully saturated rings. The molecule has 7 nitrogen and oxygen atoms in total. The van der Waals surface area contributed by atoms with E-state index >= 15 is 0 Å². The Morgan fingerprint density at radius 3 is 1.67 bits per heavy atom. The SMILES string of the molecule is COC(=O)C(C(C)C)N(C)C(=O)CN(C)C(=O)C1CN1C(c1ccccc1)(c1ccccc1)c1ccccc1. The van der Waals surface area contributed by atoms with Crippen molar-refractivity contribution in [3.8, 4) is 0 Å². The Morgan fingerprint density at radius 2 is 1.28 bits per heavy atom. The summed E-state index contributed by atoms with van der Waals surface area (Å²) in [5, 5.41) is 0. The maximum absolute atomic E-state index is 13.7. The summed E-state index contributed by atoms with van der Waals surface area (Å²) < 4.78 is 4.90. The predicted octanol–water partition coefficient (Wildman–Crippen LogP) is 3.78. The molecule has 3 aromatic carbocycles. The number of likely N-dealkylation sites (N-methyl/N-ethyl adjacent to an activating group) is 2. The van der Waals surface area contributed by atoms with Crippen molar-refractivity contribution in [2.45, 2.75) is 31.5 Å². The normalized spacial score (nSPS) is 17.3. The molecule has 0 aromatic heterocycles. The molecule has 7 heteroatoms. The fourth-order valence-electron chi connectivity index (χ4n) is 5.56. The first kappa shape index (κ1) is 28.0. The van der Waals surface area contributed by atoms with Gasteiger partial charge in [0.25, 0.3) is 0 Å². The number of methoxy groups -OCH3 is 1. The highest BCUT2D eigenvalue weighted by Gasteiger charge is 2.56. The topological polar surface area (TPSA) is 69.9 Å². The first-order chi connectivity index (χ1) is 18.7. The van der Waals surface area contributed by atoms with Crippen molar-refractivity contribution >= 4 is 17.8 Å². The van der Waals surface area contributed by atoms with Crippen LogP contribution in [0.15, 0.2) is 91.0 Å². The number of nitrogens with zero attached hydrogens (tertiary/aromatic N) is 3. The van der Waals surface area contributed by atoms with E-state index in [0.717, 1.165) is 16.7 Å². The lowest BCUT2D eigenvalue weighted by Crippen LogP contribution is -2.50. The number of carbonyl (C=O) groups is 3. The van der Waals surface area contributed by atoms with E-state index in [1.807, 2.05) is 68.4 Å². The maximum Gasteiger partial charge on any atom is 0.328 e. The summed E-state index contributed by atoms with van der Waals surface area (Å²) in [5.41, 5.74) is 2.51. The monoisotopic (exact) mass is 527 g/mol. The van der Waals surface area contributed by atoms with E-state index in [0.29, 0.717) is 6.54 Å². The highest BCUT2D eigenvalue weighted by atomic mass is 16.5. The van der Waals surface area contributed by atoms with Gasteiger partial charge in [0, 0.05) is 20.6 Å². The van der Waals surface area contributed by atoms with Crippen molar-refractivity contribution in [3.63, 3.8) is 0 Å². The fourth-order valence-corrected chi connectivity index (χ4v) is 5.56. The van der Waals surface area contributed by atoms with Gasteiger partial charge in [0.05, 0.1) is 19.2 Å². The zero-order valence-corrected chi connectivity index (χ0v) is 23.3. The highest BCUT2D eigenvalue weighted by Crippen LogP contribution is 2.48. The van der Waals surface area contributed by atoms with Crippen LogP contribution in [0.3, 0.4) is 0 Å².